The third kappa shape index (κ3) is 4.16. The minimum atomic E-state index is -0.319. The second-order valence-electron chi connectivity index (χ2n) is 7.02. The molecule has 0 atom stereocenters. The smallest absolute Gasteiger partial charge is 0.234 e. The second kappa shape index (κ2) is 7.72. The predicted octanol–water partition coefficient (Wildman–Crippen LogP) is 5.03. The zero-order valence-corrected chi connectivity index (χ0v) is 15.8. The van der Waals surface area contributed by atoms with Gasteiger partial charge in [-0.2, -0.15) is 0 Å². The Kier molecular flexibility index (Phi) is 5.16. The van der Waals surface area contributed by atoms with Gasteiger partial charge in [-0.1, -0.05) is 36.4 Å². The highest BCUT2D eigenvalue weighted by Gasteiger charge is 2.36. The Morgan fingerprint density at radius 3 is 2.63 bits per heavy atom. The molecule has 2 aromatic carbocycles. The molecule has 140 valence electrons. The fraction of sp³-hybridized carbons (Fsp3) is 0.333. The van der Waals surface area contributed by atoms with Gasteiger partial charge in [-0.25, -0.2) is 9.38 Å². The Bertz CT molecular complexity index is 860. The maximum atomic E-state index is 13.0. The van der Waals surface area contributed by atoms with E-state index in [2.05, 4.69) is 16.7 Å². The standard InChI is InChI=1S/C21H22FN3OS/c22-15-8-10-16(11-9-15)23-19(26)14-27-20-17-6-2-3-7-18(17)24-21(25-20)12-4-1-5-13-21/h2-3,6-11,24H,1,4-5,12-14H2,(H,23,26). The van der Waals surface area contributed by atoms with Crippen LogP contribution in [0.4, 0.5) is 15.8 Å². The maximum absolute atomic E-state index is 13.0. The van der Waals surface area contributed by atoms with E-state index in [1.165, 1.54) is 43.2 Å². The van der Waals surface area contributed by atoms with E-state index in [0.717, 1.165) is 29.1 Å². The summed E-state index contributed by atoms with van der Waals surface area (Å²) >= 11 is 1.46. The minimum Gasteiger partial charge on any atom is -0.361 e. The Morgan fingerprint density at radius 2 is 1.85 bits per heavy atom. The van der Waals surface area contributed by atoms with E-state index in [1.807, 2.05) is 18.2 Å². The van der Waals surface area contributed by atoms with Gasteiger partial charge < -0.3 is 10.6 Å². The Morgan fingerprint density at radius 1 is 1.11 bits per heavy atom. The summed E-state index contributed by atoms with van der Waals surface area (Å²) in [5.74, 6) is -0.176. The molecule has 1 amide bonds. The van der Waals surface area contributed by atoms with Crippen LogP contribution in [-0.4, -0.2) is 22.4 Å². The normalized spacial score (nSPS) is 17.6. The fourth-order valence-corrected chi connectivity index (χ4v) is 4.57. The van der Waals surface area contributed by atoms with Crippen LogP contribution in [0, 0.1) is 5.82 Å². The highest BCUT2D eigenvalue weighted by Crippen LogP contribution is 2.39. The van der Waals surface area contributed by atoms with Crippen LogP contribution in [0.5, 0.6) is 0 Å². The molecule has 1 fully saturated rings. The molecule has 4 rings (SSSR count). The number of amides is 1. The second-order valence-corrected chi connectivity index (χ2v) is 7.99. The van der Waals surface area contributed by atoms with Gasteiger partial charge in [-0.3, -0.25) is 4.79 Å². The van der Waals surface area contributed by atoms with E-state index in [4.69, 9.17) is 4.99 Å². The van der Waals surface area contributed by atoms with Crippen molar-refractivity contribution >= 4 is 34.1 Å². The van der Waals surface area contributed by atoms with Crippen molar-refractivity contribution in [1.29, 1.82) is 0 Å². The number of carbonyl (C=O) groups excluding carboxylic acids is 1. The zero-order valence-electron chi connectivity index (χ0n) is 15.0. The number of thioether (sulfide) groups is 1. The van der Waals surface area contributed by atoms with Crippen molar-refractivity contribution in [3.8, 4) is 0 Å². The van der Waals surface area contributed by atoms with E-state index in [0.29, 0.717) is 5.69 Å². The van der Waals surface area contributed by atoms with Gasteiger partial charge in [-0.15, -0.1) is 0 Å². The number of hydrogen-bond donors (Lipinski definition) is 2. The summed E-state index contributed by atoms with van der Waals surface area (Å²) in [6, 6.07) is 13.9. The van der Waals surface area contributed by atoms with E-state index >= 15 is 0 Å². The lowest BCUT2D eigenvalue weighted by Gasteiger charge is -2.39. The molecule has 0 saturated heterocycles. The van der Waals surface area contributed by atoms with Gasteiger partial charge in [0.1, 0.15) is 16.5 Å². The van der Waals surface area contributed by atoms with Crippen molar-refractivity contribution in [1.82, 2.24) is 0 Å². The van der Waals surface area contributed by atoms with Crippen LogP contribution < -0.4 is 10.6 Å². The van der Waals surface area contributed by atoms with Gasteiger partial charge in [0.15, 0.2) is 0 Å². The quantitative estimate of drug-likeness (QED) is 0.782. The molecule has 0 aromatic heterocycles. The first-order chi connectivity index (χ1) is 13.1. The fourth-order valence-electron chi connectivity index (χ4n) is 3.66. The topological polar surface area (TPSA) is 53.5 Å². The lowest BCUT2D eigenvalue weighted by atomic mass is 9.88. The number of anilines is 2. The largest absolute Gasteiger partial charge is 0.361 e. The van der Waals surface area contributed by atoms with Crippen molar-refractivity contribution in [2.45, 2.75) is 37.8 Å². The van der Waals surface area contributed by atoms with Crippen molar-refractivity contribution in [3.05, 3.63) is 59.9 Å². The first kappa shape index (κ1) is 18.0. The number of benzene rings is 2. The van der Waals surface area contributed by atoms with E-state index in [-0.39, 0.29) is 23.1 Å². The molecule has 2 N–H and O–H groups in total. The van der Waals surface area contributed by atoms with E-state index in [1.54, 1.807) is 12.1 Å². The highest BCUT2D eigenvalue weighted by atomic mass is 32.2. The highest BCUT2D eigenvalue weighted by molar-refractivity contribution is 8.15. The summed E-state index contributed by atoms with van der Waals surface area (Å²) in [6.45, 7) is 0. The molecular formula is C21H22FN3OS. The molecule has 27 heavy (non-hydrogen) atoms. The van der Waals surface area contributed by atoms with E-state index in [9.17, 15) is 9.18 Å². The van der Waals surface area contributed by atoms with Crippen LogP contribution in [0.15, 0.2) is 53.5 Å². The number of para-hydroxylation sites is 1. The molecule has 0 radical (unpaired) electrons. The molecule has 1 spiro atoms. The van der Waals surface area contributed by atoms with Crippen molar-refractivity contribution in [2.75, 3.05) is 16.4 Å². The lowest BCUT2D eigenvalue weighted by molar-refractivity contribution is -0.113. The average molecular weight is 383 g/mol. The van der Waals surface area contributed by atoms with Crippen LogP contribution in [0.1, 0.15) is 37.7 Å². The van der Waals surface area contributed by atoms with Crippen molar-refractivity contribution < 1.29 is 9.18 Å². The van der Waals surface area contributed by atoms with Crippen LogP contribution in [0.3, 0.4) is 0 Å². The molecule has 1 heterocycles. The van der Waals surface area contributed by atoms with Gasteiger partial charge in [0.05, 0.1) is 5.75 Å². The van der Waals surface area contributed by atoms with E-state index < -0.39 is 0 Å². The number of fused-ring (bicyclic) bond motifs is 1. The molecule has 2 aromatic rings. The first-order valence-corrected chi connectivity index (χ1v) is 10.3. The zero-order chi connectivity index (χ0) is 18.7. The molecule has 4 nitrogen and oxygen atoms in total. The molecule has 1 saturated carbocycles. The summed E-state index contributed by atoms with van der Waals surface area (Å²) in [5.41, 5.74) is 2.50. The number of halogens is 1. The molecule has 1 aliphatic heterocycles. The van der Waals surface area contributed by atoms with Gasteiger partial charge in [0.25, 0.3) is 0 Å². The van der Waals surface area contributed by atoms with Crippen molar-refractivity contribution in [3.63, 3.8) is 0 Å². The number of hydrogen-bond acceptors (Lipinski definition) is 4. The van der Waals surface area contributed by atoms with Gasteiger partial charge in [0.2, 0.25) is 5.91 Å². The average Bonchev–Trinajstić information content (AvgIpc) is 2.68. The first-order valence-electron chi connectivity index (χ1n) is 9.29. The van der Waals surface area contributed by atoms with Crippen molar-refractivity contribution in [2.24, 2.45) is 4.99 Å². The number of nitrogens with one attached hydrogen (secondary N) is 2. The van der Waals surface area contributed by atoms with Gasteiger partial charge in [0, 0.05) is 16.9 Å². The Labute approximate surface area is 162 Å². The maximum Gasteiger partial charge on any atom is 0.234 e. The molecule has 1 aliphatic carbocycles. The molecule has 0 unspecified atom stereocenters. The number of nitrogens with zero attached hydrogens (tertiary/aromatic N) is 1. The summed E-state index contributed by atoms with van der Waals surface area (Å²) in [7, 11) is 0. The molecular weight excluding hydrogens is 361 g/mol. The Hall–Kier alpha value is -2.34. The van der Waals surface area contributed by atoms with Gasteiger partial charge in [-0.05, 0) is 56.0 Å². The van der Waals surface area contributed by atoms with Crippen LogP contribution in [-0.2, 0) is 4.79 Å². The van der Waals surface area contributed by atoms with Crippen LogP contribution in [0.2, 0.25) is 0 Å². The third-order valence-corrected chi connectivity index (χ3v) is 5.98. The monoisotopic (exact) mass is 383 g/mol. The Balaban J connectivity index is 1.48. The molecule has 0 bridgehead atoms. The number of aliphatic imine (C=N–C) groups is 1. The lowest BCUT2D eigenvalue weighted by Crippen LogP contribution is -2.42. The summed E-state index contributed by atoms with van der Waals surface area (Å²) in [5, 5.41) is 7.36. The summed E-state index contributed by atoms with van der Waals surface area (Å²) in [6.07, 6.45) is 5.63. The number of carbonyl (C=O) groups is 1. The predicted molar refractivity (Wildman–Crippen MR) is 110 cm³/mol. The molecule has 6 heteroatoms. The minimum absolute atomic E-state index is 0.122. The SMILES string of the molecule is O=C(CSC1=NC2(CCCCC2)Nc2ccccc21)Nc1ccc(F)cc1. The number of rotatable bonds is 3. The van der Waals surface area contributed by atoms with Crippen LogP contribution >= 0.6 is 11.8 Å². The molecule has 2 aliphatic rings. The van der Waals surface area contributed by atoms with Crippen LogP contribution in [0.25, 0.3) is 0 Å². The van der Waals surface area contributed by atoms with Gasteiger partial charge >= 0.3 is 0 Å². The summed E-state index contributed by atoms with van der Waals surface area (Å²) < 4.78 is 13.0. The summed E-state index contributed by atoms with van der Waals surface area (Å²) in [4.78, 5) is 17.4. The third-order valence-electron chi connectivity index (χ3n) is 4.99.